The normalized spacial score (nSPS) is 8.22. The Labute approximate surface area is 57.7 Å². The zero-order valence-electron chi connectivity index (χ0n) is 5.76. The van der Waals surface area contributed by atoms with E-state index in [1.807, 2.05) is 26.1 Å². The van der Waals surface area contributed by atoms with Gasteiger partial charge in [0.2, 0.25) is 0 Å². The van der Waals surface area contributed by atoms with Crippen molar-refractivity contribution in [3.05, 3.63) is 29.6 Å². The second kappa shape index (κ2) is 3.28. The minimum Gasteiger partial charge on any atom is -0.261 e. The fourth-order valence-electron chi connectivity index (χ4n) is 0.542. The molecule has 1 rings (SSSR count). The van der Waals surface area contributed by atoms with Gasteiger partial charge in [-0.15, -0.1) is 0 Å². The first-order valence-corrected chi connectivity index (χ1v) is 2.68. The third-order valence-electron chi connectivity index (χ3n) is 1.06. The van der Waals surface area contributed by atoms with Crippen molar-refractivity contribution in [2.75, 3.05) is 0 Å². The molecule has 0 saturated carbocycles. The summed E-state index contributed by atoms with van der Waals surface area (Å²) in [6.45, 7) is 4.02. The van der Waals surface area contributed by atoms with E-state index >= 15 is 0 Å². The predicted molar refractivity (Wildman–Crippen MR) is 39.5 cm³/mol. The number of aromatic nitrogens is 1. The lowest BCUT2D eigenvalue weighted by atomic mass is 10.3. The molecule has 0 unspecified atom stereocenters. The Morgan fingerprint density at radius 3 is 2.22 bits per heavy atom. The van der Waals surface area contributed by atoms with E-state index in [1.165, 1.54) is 5.56 Å². The van der Waals surface area contributed by atoms with Crippen LogP contribution in [0.3, 0.4) is 0 Å². The quantitative estimate of drug-likeness (QED) is 0.468. The van der Waals surface area contributed by atoms with Crippen LogP contribution in [0.2, 0.25) is 0 Å². The van der Waals surface area contributed by atoms with Crippen LogP contribution in [0.15, 0.2) is 18.3 Å². The number of nitrogens with zero attached hydrogens (tertiary/aromatic N) is 1. The van der Waals surface area contributed by atoms with Crippen molar-refractivity contribution in [3.63, 3.8) is 0 Å². The van der Waals surface area contributed by atoms with Crippen LogP contribution >= 0.6 is 0 Å². The van der Waals surface area contributed by atoms with Crippen LogP contribution in [0.25, 0.3) is 0 Å². The zero-order chi connectivity index (χ0) is 5.98. The molecule has 1 heterocycles. The smallest absolute Gasteiger partial charge is 0.0372 e. The highest BCUT2D eigenvalue weighted by Crippen LogP contribution is 1.94. The predicted octanol–water partition coefficient (Wildman–Crippen LogP) is 1.32. The van der Waals surface area contributed by atoms with Gasteiger partial charge in [-0.1, -0.05) is 6.07 Å². The van der Waals surface area contributed by atoms with Gasteiger partial charge in [0.15, 0.2) is 0 Å². The Hall–Kier alpha value is -0.785. The van der Waals surface area contributed by atoms with Crippen molar-refractivity contribution in [1.29, 1.82) is 0 Å². The van der Waals surface area contributed by atoms with E-state index in [-0.39, 0.29) is 8.41 Å². The van der Waals surface area contributed by atoms with Gasteiger partial charge >= 0.3 is 0 Å². The average molecular weight is 118 g/mol. The second-order valence-electron chi connectivity index (χ2n) is 1.98. The molecular weight excluding hydrogens is 109 g/mol. The summed E-state index contributed by atoms with van der Waals surface area (Å²) in [6, 6.07) is 4.07. The standard InChI is InChI=1S/C7H9N.B/c1-6-3-4-7(2)8-5-6;/h3-5H,1-2H3;. The van der Waals surface area contributed by atoms with Crippen LogP contribution in [0.1, 0.15) is 11.3 Å². The maximum absolute atomic E-state index is 4.08. The molecule has 0 amide bonds. The Bertz CT molecular complexity index is 148. The van der Waals surface area contributed by atoms with Crippen molar-refractivity contribution < 1.29 is 0 Å². The van der Waals surface area contributed by atoms with Crippen LogP contribution in [0, 0.1) is 13.8 Å². The molecule has 0 aliphatic rings. The summed E-state index contributed by atoms with van der Waals surface area (Å²) in [5.41, 5.74) is 2.30. The molecule has 0 fully saturated rings. The minimum absolute atomic E-state index is 0. The molecule has 0 aromatic carbocycles. The highest BCUT2D eigenvalue weighted by molar-refractivity contribution is 5.75. The van der Waals surface area contributed by atoms with Crippen LogP contribution in [0.5, 0.6) is 0 Å². The molecule has 0 saturated heterocycles. The maximum Gasteiger partial charge on any atom is 0.0372 e. The summed E-state index contributed by atoms with van der Waals surface area (Å²) in [7, 11) is 0. The summed E-state index contributed by atoms with van der Waals surface area (Å²) in [6.07, 6.45) is 1.87. The summed E-state index contributed by atoms with van der Waals surface area (Å²) in [5.74, 6) is 0. The molecule has 0 atom stereocenters. The minimum atomic E-state index is 0. The lowest BCUT2D eigenvalue weighted by Gasteiger charge is -1.89. The fourth-order valence-corrected chi connectivity index (χ4v) is 0.542. The molecule has 0 N–H and O–H groups in total. The molecule has 0 bridgehead atoms. The largest absolute Gasteiger partial charge is 0.261 e. The fraction of sp³-hybridized carbons (Fsp3) is 0.286. The van der Waals surface area contributed by atoms with Gasteiger partial charge in [-0.2, -0.15) is 0 Å². The second-order valence-corrected chi connectivity index (χ2v) is 1.98. The molecule has 9 heavy (non-hydrogen) atoms. The molecule has 0 spiro atoms. The van der Waals surface area contributed by atoms with Gasteiger partial charge in [-0.05, 0) is 25.5 Å². The van der Waals surface area contributed by atoms with E-state index in [1.54, 1.807) is 0 Å². The first-order valence-electron chi connectivity index (χ1n) is 2.68. The number of pyridine rings is 1. The number of rotatable bonds is 0. The molecule has 0 aliphatic carbocycles. The van der Waals surface area contributed by atoms with Crippen molar-refractivity contribution in [1.82, 2.24) is 4.98 Å². The Balaban J connectivity index is 0.000000640. The zero-order valence-corrected chi connectivity index (χ0v) is 5.76. The SMILES string of the molecule is Cc1ccc(C)nc1.[B]. The number of hydrogen-bond acceptors (Lipinski definition) is 1. The highest BCUT2D eigenvalue weighted by Gasteiger charge is 1.81. The molecule has 2 heteroatoms. The highest BCUT2D eigenvalue weighted by atomic mass is 14.6. The van der Waals surface area contributed by atoms with E-state index in [0.717, 1.165) is 5.69 Å². The first kappa shape index (κ1) is 8.21. The van der Waals surface area contributed by atoms with Crippen LogP contribution in [-0.2, 0) is 0 Å². The molecule has 1 nitrogen and oxygen atoms in total. The van der Waals surface area contributed by atoms with Crippen LogP contribution < -0.4 is 0 Å². The van der Waals surface area contributed by atoms with E-state index in [2.05, 4.69) is 11.1 Å². The third-order valence-corrected chi connectivity index (χ3v) is 1.06. The van der Waals surface area contributed by atoms with E-state index in [4.69, 9.17) is 0 Å². The van der Waals surface area contributed by atoms with Crippen molar-refractivity contribution in [2.24, 2.45) is 0 Å². The van der Waals surface area contributed by atoms with Gasteiger partial charge in [0.1, 0.15) is 0 Å². The third kappa shape index (κ3) is 2.31. The summed E-state index contributed by atoms with van der Waals surface area (Å²) in [5, 5.41) is 0. The molecule has 3 radical (unpaired) electrons. The van der Waals surface area contributed by atoms with E-state index < -0.39 is 0 Å². The number of hydrogen-bond donors (Lipinski definition) is 0. The maximum atomic E-state index is 4.08. The molecule has 1 aromatic heterocycles. The topological polar surface area (TPSA) is 12.9 Å². The van der Waals surface area contributed by atoms with Gasteiger partial charge in [0.25, 0.3) is 0 Å². The van der Waals surface area contributed by atoms with Crippen molar-refractivity contribution >= 4 is 8.41 Å². The van der Waals surface area contributed by atoms with Gasteiger partial charge < -0.3 is 0 Å². The van der Waals surface area contributed by atoms with Gasteiger partial charge in [-0.3, -0.25) is 4.98 Å². The average Bonchev–Trinajstić information content (AvgIpc) is 1.77. The van der Waals surface area contributed by atoms with Gasteiger partial charge in [0, 0.05) is 20.3 Å². The van der Waals surface area contributed by atoms with E-state index in [9.17, 15) is 0 Å². The van der Waals surface area contributed by atoms with Gasteiger partial charge in [-0.25, -0.2) is 0 Å². The van der Waals surface area contributed by atoms with Crippen LogP contribution in [-0.4, -0.2) is 13.4 Å². The number of aryl methyl sites for hydroxylation is 2. The Morgan fingerprint density at radius 2 is 1.89 bits per heavy atom. The lowest BCUT2D eigenvalue weighted by Crippen LogP contribution is -1.78. The summed E-state index contributed by atoms with van der Waals surface area (Å²) < 4.78 is 0. The molecular formula is C7H9BN. The molecule has 45 valence electrons. The lowest BCUT2D eigenvalue weighted by molar-refractivity contribution is 1.17. The molecule has 1 aromatic rings. The Kier molecular flexibility index (Phi) is 3.00. The van der Waals surface area contributed by atoms with Crippen molar-refractivity contribution in [2.45, 2.75) is 13.8 Å². The van der Waals surface area contributed by atoms with Crippen molar-refractivity contribution in [3.8, 4) is 0 Å². The van der Waals surface area contributed by atoms with E-state index in [0.29, 0.717) is 0 Å². The van der Waals surface area contributed by atoms with Gasteiger partial charge in [0.05, 0.1) is 0 Å². The Morgan fingerprint density at radius 1 is 1.22 bits per heavy atom. The summed E-state index contributed by atoms with van der Waals surface area (Å²) in [4.78, 5) is 4.08. The summed E-state index contributed by atoms with van der Waals surface area (Å²) >= 11 is 0. The van der Waals surface area contributed by atoms with Crippen LogP contribution in [0.4, 0.5) is 0 Å². The molecule has 0 aliphatic heterocycles. The first-order chi connectivity index (χ1) is 3.79. The monoisotopic (exact) mass is 118 g/mol.